The van der Waals surface area contributed by atoms with E-state index in [1.807, 2.05) is 0 Å². The largest absolute Gasteiger partial charge is 0.467 e. The summed E-state index contributed by atoms with van der Waals surface area (Å²) in [6.45, 7) is 2.14. The van der Waals surface area contributed by atoms with Crippen LogP contribution in [0.5, 0.6) is 0 Å². The van der Waals surface area contributed by atoms with Gasteiger partial charge in [0, 0.05) is 7.11 Å². The lowest BCUT2D eigenvalue weighted by molar-refractivity contribution is -0.155. The number of carbonyl (C=O) groups excluding carboxylic acids is 1. The lowest BCUT2D eigenvalue weighted by Crippen LogP contribution is -2.30. The normalized spacial score (nSPS) is 15.1. The zero-order chi connectivity index (χ0) is 10.3. The Hall–Kier alpha value is -0.650. The van der Waals surface area contributed by atoms with E-state index < -0.39 is 12.1 Å². The fourth-order valence-corrected chi connectivity index (χ4v) is 0.742. The number of esters is 1. The number of aliphatic hydroxyl groups is 1. The Morgan fingerprint density at radius 1 is 1.38 bits per heavy atom. The van der Waals surface area contributed by atoms with Crippen molar-refractivity contribution in [3.05, 3.63) is 0 Å². The Labute approximate surface area is 77.6 Å². The predicted molar refractivity (Wildman–Crippen MR) is 45.3 cm³/mol. The maximum absolute atomic E-state index is 10.7. The van der Waals surface area contributed by atoms with Gasteiger partial charge in [-0.05, 0) is 6.92 Å². The van der Waals surface area contributed by atoms with Crippen molar-refractivity contribution in [2.75, 3.05) is 27.4 Å². The summed E-state index contributed by atoms with van der Waals surface area (Å²) in [6, 6.07) is 0. The zero-order valence-corrected chi connectivity index (χ0v) is 8.15. The minimum absolute atomic E-state index is 0.0722. The molecule has 0 aromatic heterocycles. The highest BCUT2D eigenvalue weighted by molar-refractivity contribution is 5.74. The number of carbonyl (C=O) groups is 1. The third-order valence-corrected chi connectivity index (χ3v) is 1.41. The molecule has 5 nitrogen and oxygen atoms in total. The molecular formula is C8H16O5. The van der Waals surface area contributed by atoms with Crippen molar-refractivity contribution in [2.45, 2.75) is 19.1 Å². The van der Waals surface area contributed by atoms with Crippen LogP contribution in [0.1, 0.15) is 6.92 Å². The van der Waals surface area contributed by atoms with Crippen LogP contribution in [0.15, 0.2) is 0 Å². The van der Waals surface area contributed by atoms with Gasteiger partial charge in [0.05, 0.1) is 26.4 Å². The van der Waals surface area contributed by atoms with E-state index in [-0.39, 0.29) is 12.7 Å². The number of ether oxygens (including phenoxy) is 3. The summed E-state index contributed by atoms with van der Waals surface area (Å²) in [7, 11) is 2.76. The van der Waals surface area contributed by atoms with E-state index in [4.69, 9.17) is 14.6 Å². The van der Waals surface area contributed by atoms with Crippen LogP contribution in [0.2, 0.25) is 0 Å². The monoisotopic (exact) mass is 192 g/mol. The van der Waals surface area contributed by atoms with Gasteiger partial charge >= 0.3 is 5.97 Å². The molecule has 0 spiro atoms. The summed E-state index contributed by atoms with van der Waals surface area (Å²) in [5.41, 5.74) is 0. The molecule has 0 aliphatic heterocycles. The molecule has 0 saturated heterocycles. The second-order valence-electron chi connectivity index (χ2n) is 2.64. The first-order valence-corrected chi connectivity index (χ1v) is 3.98. The van der Waals surface area contributed by atoms with Gasteiger partial charge in [0.1, 0.15) is 0 Å². The molecular weight excluding hydrogens is 176 g/mol. The van der Waals surface area contributed by atoms with Gasteiger partial charge in [0.2, 0.25) is 0 Å². The fourth-order valence-electron chi connectivity index (χ4n) is 0.742. The van der Waals surface area contributed by atoms with Crippen LogP contribution < -0.4 is 0 Å². The number of hydrogen-bond donors (Lipinski definition) is 1. The molecule has 5 heteroatoms. The van der Waals surface area contributed by atoms with Crippen LogP contribution in [0.25, 0.3) is 0 Å². The highest BCUT2D eigenvalue weighted by atomic mass is 16.6. The van der Waals surface area contributed by atoms with E-state index in [9.17, 15) is 4.79 Å². The summed E-state index contributed by atoms with van der Waals surface area (Å²) < 4.78 is 14.2. The van der Waals surface area contributed by atoms with Gasteiger partial charge in [-0.25, -0.2) is 4.79 Å². The van der Waals surface area contributed by atoms with Crippen LogP contribution >= 0.6 is 0 Å². The summed E-state index contributed by atoms with van der Waals surface area (Å²) in [5, 5.41) is 9.09. The van der Waals surface area contributed by atoms with Crippen molar-refractivity contribution in [3.63, 3.8) is 0 Å². The molecule has 78 valence electrons. The van der Waals surface area contributed by atoms with E-state index in [1.165, 1.54) is 7.11 Å². The third-order valence-electron chi connectivity index (χ3n) is 1.41. The fraction of sp³-hybridized carbons (Fsp3) is 0.875. The number of hydrogen-bond acceptors (Lipinski definition) is 5. The summed E-state index contributed by atoms with van der Waals surface area (Å²) in [6.07, 6.45) is -1.37. The Bertz CT molecular complexity index is 147. The van der Waals surface area contributed by atoms with Gasteiger partial charge in [-0.3, -0.25) is 0 Å². The average Bonchev–Trinajstić information content (AvgIpc) is 2.13. The van der Waals surface area contributed by atoms with Gasteiger partial charge in [0.25, 0.3) is 0 Å². The highest BCUT2D eigenvalue weighted by Crippen LogP contribution is 1.95. The Morgan fingerprint density at radius 2 is 2.00 bits per heavy atom. The maximum atomic E-state index is 10.7. The van der Waals surface area contributed by atoms with Crippen molar-refractivity contribution in [1.82, 2.24) is 0 Å². The van der Waals surface area contributed by atoms with Crippen LogP contribution in [0, 0.1) is 0 Å². The maximum Gasteiger partial charge on any atom is 0.337 e. The molecule has 0 saturated carbocycles. The quantitative estimate of drug-likeness (QED) is 0.578. The number of rotatable bonds is 6. The molecule has 0 bridgehead atoms. The van der Waals surface area contributed by atoms with Crippen molar-refractivity contribution in [3.8, 4) is 0 Å². The third kappa shape index (κ3) is 5.57. The van der Waals surface area contributed by atoms with Crippen molar-refractivity contribution >= 4 is 5.97 Å². The van der Waals surface area contributed by atoms with Crippen LogP contribution in [-0.4, -0.2) is 50.7 Å². The Morgan fingerprint density at radius 3 is 2.46 bits per heavy atom. The summed E-state index contributed by atoms with van der Waals surface area (Å²) in [4.78, 5) is 10.7. The van der Waals surface area contributed by atoms with E-state index >= 15 is 0 Å². The molecule has 0 heterocycles. The first-order valence-electron chi connectivity index (χ1n) is 3.98. The van der Waals surface area contributed by atoms with Crippen LogP contribution in [0.3, 0.4) is 0 Å². The second kappa shape index (κ2) is 6.82. The van der Waals surface area contributed by atoms with Gasteiger partial charge in [-0.1, -0.05) is 0 Å². The molecule has 1 unspecified atom stereocenters. The molecule has 0 aromatic carbocycles. The minimum Gasteiger partial charge on any atom is -0.467 e. The summed E-state index contributed by atoms with van der Waals surface area (Å²) >= 11 is 0. The SMILES string of the molecule is COC[C@@H](C)OCC(O)C(=O)OC. The van der Waals surface area contributed by atoms with E-state index in [0.717, 1.165) is 0 Å². The van der Waals surface area contributed by atoms with Gasteiger partial charge in [0.15, 0.2) is 6.10 Å². The Balaban J connectivity index is 3.56. The molecule has 2 atom stereocenters. The smallest absolute Gasteiger partial charge is 0.337 e. The molecule has 1 N–H and O–H groups in total. The lowest BCUT2D eigenvalue weighted by atomic mass is 10.4. The molecule has 0 aliphatic rings. The van der Waals surface area contributed by atoms with E-state index in [2.05, 4.69) is 4.74 Å². The van der Waals surface area contributed by atoms with Gasteiger partial charge in [-0.15, -0.1) is 0 Å². The summed E-state index contributed by atoms with van der Waals surface area (Å²) in [5.74, 6) is -0.690. The van der Waals surface area contributed by atoms with Gasteiger partial charge in [-0.2, -0.15) is 0 Å². The van der Waals surface area contributed by atoms with E-state index in [0.29, 0.717) is 6.61 Å². The minimum atomic E-state index is -1.22. The first-order chi connectivity index (χ1) is 6.11. The van der Waals surface area contributed by atoms with Crippen LogP contribution in [0.4, 0.5) is 0 Å². The predicted octanol–water partition coefficient (Wildman–Crippen LogP) is -0.428. The molecule has 0 amide bonds. The lowest BCUT2D eigenvalue weighted by Gasteiger charge is -2.14. The molecule has 13 heavy (non-hydrogen) atoms. The van der Waals surface area contributed by atoms with Crippen molar-refractivity contribution in [1.29, 1.82) is 0 Å². The standard InChI is InChI=1S/C8H16O5/c1-6(4-11-2)13-5-7(9)8(10)12-3/h6-7,9H,4-5H2,1-3H3/t6-,7?/m1/s1. The molecule has 0 aliphatic carbocycles. The molecule has 0 fully saturated rings. The van der Waals surface area contributed by atoms with E-state index in [1.54, 1.807) is 14.0 Å². The molecule has 0 aromatic rings. The highest BCUT2D eigenvalue weighted by Gasteiger charge is 2.16. The van der Waals surface area contributed by atoms with Crippen molar-refractivity contribution in [2.24, 2.45) is 0 Å². The average molecular weight is 192 g/mol. The topological polar surface area (TPSA) is 65.0 Å². The van der Waals surface area contributed by atoms with Crippen molar-refractivity contribution < 1.29 is 24.1 Å². The number of aliphatic hydroxyl groups excluding tert-OH is 1. The Kier molecular flexibility index (Phi) is 6.48. The zero-order valence-electron chi connectivity index (χ0n) is 8.15. The van der Waals surface area contributed by atoms with Crippen LogP contribution in [-0.2, 0) is 19.0 Å². The number of methoxy groups -OCH3 is 2. The second-order valence-corrected chi connectivity index (χ2v) is 2.64. The molecule has 0 rings (SSSR count). The van der Waals surface area contributed by atoms with Gasteiger partial charge < -0.3 is 19.3 Å². The first kappa shape index (κ1) is 12.3. The molecule has 0 radical (unpaired) electrons.